The van der Waals surface area contributed by atoms with E-state index in [4.69, 9.17) is 0 Å². The van der Waals surface area contributed by atoms with Crippen LogP contribution < -0.4 is 0 Å². The molecule has 1 aromatic rings. The van der Waals surface area contributed by atoms with E-state index < -0.39 is 0 Å². The highest BCUT2D eigenvalue weighted by Gasteiger charge is 2.23. The Kier molecular flexibility index (Phi) is 3.25. The molecule has 0 heteroatoms. The van der Waals surface area contributed by atoms with Crippen molar-refractivity contribution in [3.63, 3.8) is 0 Å². The fraction of sp³-hybridized carbons (Fsp3) is 0.263. The van der Waals surface area contributed by atoms with Crippen LogP contribution in [0.3, 0.4) is 0 Å². The maximum absolute atomic E-state index is 2.43. The van der Waals surface area contributed by atoms with Crippen molar-refractivity contribution >= 4 is 0 Å². The predicted octanol–water partition coefficient (Wildman–Crippen LogP) is 5.18. The van der Waals surface area contributed by atoms with Gasteiger partial charge >= 0.3 is 0 Å². The molecule has 0 fully saturated rings. The fourth-order valence-corrected chi connectivity index (χ4v) is 2.88. The molecular weight excluding hydrogens is 228 g/mol. The second kappa shape index (κ2) is 5.05. The summed E-state index contributed by atoms with van der Waals surface area (Å²) in [5.74, 6) is 1.04. The first-order valence-corrected chi connectivity index (χ1v) is 7.09. The second-order valence-electron chi connectivity index (χ2n) is 5.66. The van der Waals surface area contributed by atoms with Crippen LogP contribution in [0.5, 0.6) is 0 Å². The van der Waals surface area contributed by atoms with E-state index in [1.807, 2.05) is 0 Å². The third-order valence-electron chi connectivity index (χ3n) is 4.05. The van der Waals surface area contributed by atoms with Crippen molar-refractivity contribution in [2.45, 2.75) is 26.2 Å². The van der Waals surface area contributed by atoms with Crippen molar-refractivity contribution in [2.24, 2.45) is 5.92 Å². The number of benzene rings is 1. The Morgan fingerprint density at radius 1 is 1.05 bits per heavy atom. The van der Waals surface area contributed by atoms with E-state index in [9.17, 15) is 0 Å². The van der Waals surface area contributed by atoms with Crippen LogP contribution in [0.1, 0.15) is 31.7 Å². The molecular formula is C19H20. The summed E-state index contributed by atoms with van der Waals surface area (Å²) in [5.41, 5.74) is 5.92. The van der Waals surface area contributed by atoms with Gasteiger partial charge in [0.2, 0.25) is 0 Å². The predicted molar refractivity (Wildman–Crippen MR) is 82.0 cm³/mol. The Morgan fingerprint density at radius 2 is 1.84 bits per heavy atom. The third-order valence-corrected chi connectivity index (χ3v) is 4.05. The van der Waals surface area contributed by atoms with Crippen molar-refractivity contribution in [1.82, 2.24) is 0 Å². The van der Waals surface area contributed by atoms with Crippen molar-refractivity contribution < 1.29 is 0 Å². The molecule has 1 unspecified atom stereocenters. The quantitative estimate of drug-likeness (QED) is 0.676. The molecule has 0 nitrogen and oxygen atoms in total. The van der Waals surface area contributed by atoms with Gasteiger partial charge in [0.05, 0.1) is 0 Å². The van der Waals surface area contributed by atoms with Gasteiger partial charge in [-0.2, -0.15) is 0 Å². The van der Waals surface area contributed by atoms with Gasteiger partial charge in [-0.05, 0) is 29.0 Å². The van der Waals surface area contributed by atoms with Crippen molar-refractivity contribution in [3.8, 4) is 0 Å². The average molecular weight is 248 g/mol. The van der Waals surface area contributed by atoms with Gasteiger partial charge in [0.1, 0.15) is 0 Å². The Balaban J connectivity index is 2.02. The van der Waals surface area contributed by atoms with Crippen LogP contribution >= 0.6 is 0 Å². The molecule has 0 spiro atoms. The lowest BCUT2D eigenvalue weighted by Gasteiger charge is -2.14. The smallest absolute Gasteiger partial charge is 0.0275 e. The molecule has 0 saturated heterocycles. The lowest BCUT2D eigenvalue weighted by molar-refractivity contribution is 0.749. The lowest BCUT2D eigenvalue weighted by Crippen LogP contribution is -1.97. The molecule has 2 aliphatic carbocycles. The van der Waals surface area contributed by atoms with Crippen LogP contribution in [0, 0.1) is 5.92 Å². The summed E-state index contributed by atoms with van der Waals surface area (Å²) in [6, 6.07) is 10.8. The largest absolute Gasteiger partial charge is 0.0726 e. The summed E-state index contributed by atoms with van der Waals surface area (Å²) in [4.78, 5) is 0. The van der Waals surface area contributed by atoms with Gasteiger partial charge in [0.25, 0.3) is 0 Å². The summed E-state index contributed by atoms with van der Waals surface area (Å²) >= 11 is 0. The zero-order chi connectivity index (χ0) is 13.2. The van der Waals surface area contributed by atoms with Crippen molar-refractivity contribution in [1.29, 1.82) is 0 Å². The molecule has 0 heterocycles. The fourth-order valence-electron chi connectivity index (χ4n) is 2.88. The van der Waals surface area contributed by atoms with Crippen LogP contribution in [0.15, 0.2) is 77.4 Å². The van der Waals surface area contributed by atoms with E-state index in [0.717, 1.165) is 6.42 Å². The van der Waals surface area contributed by atoms with E-state index in [2.05, 4.69) is 74.6 Å². The molecule has 0 amide bonds. The van der Waals surface area contributed by atoms with Gasteiger partial charge in [-0.3, -0.25) is 0 Å². The summed E-state index contributed by atoms with van der Waals surface area (Å²) in [7, 11) is 0. The average Bonchev–Trinajstić information content (AvgIpc) is 2.75. The van der Waals surface area contributed by atoms with Gasteiger partial charge in [-0.1, -0.05) is 80.1 Å². The standard InChI is InChI=1S/C19H20/c1-14(2)17-12-16-10-6-7-11-18(19(16)13-17)15-8-4-3-5-9-15/h3-11,13-14,18H,12H2,1-2H3. The van der Waals surface area contributed by atoms with E-state index in [1.54, 1.807) is 5.57 Å². The first-order valence-electron chi connectivity index (χ1n) is 7.09. The monoisotopic (exact) mass is 248 g/mol. The Morgan fingerprint density at radius 3 is 2.58 bits per heavy atom. The molecule has 0 bridgehead atoms. The molecule has 0 aliphatic heterocycles. The summed E-state index contributed by atoms with van der Waals surface area (Å²) in [5, 5.41) is 0. The molecule has 2 aliphatic rings. The first kappa shape index (κ1) is 12.2. The van der Waals surface area contributed by atoms with E-state index in [1.165, 1.54) is 16.7 Å². The molecule has 0 aromatic heterocycles. The zero-order valence-electron chi connectivity index (χ0n) is 11.6. The zero-order valence-corrected chi connectivity index (χ0v) is 11.6. The van der Waals surface area contributed by atoms with E-state index in [-0.39, 0.29) is 0 Å². The van der Waals surface area contributed by atoms with Crippen LogP contribution in [-0.2, 0) is 0 Å². The normalized spacial score (nSPS) is 21.6. The van der Waals surface area contributed by atoms with Crippen LogP contribution in [0.2, 0.25) is 0 Å². The van der Waals surface area contributed by atoms with E-state index >= 15 is 0 Å². The topological polar surface area (TPSA) is 0 Å². The van der Waals surface area contributed by atoms with E-state index in [0.29, 0.717) is 11.8 Å². The minimum absolute atomic E-state index is 0.405. The summed E-state index contributed by atoms with van der Waals surface area (Å²) < 4.78 is 0. The minimum atomic E-state index is 0.405. The van der Waals surface area contributed by atoms with Crippen LogP contribution in [0.25, 0.3) is 0 Å². The highest BCUT2D eigenvalue weighted by atomic mass is 14.3. The minimum Gasteiger partial charge on any atom is -0.0726 e. The molecule has 3 rings (SSSR count). The summed E-state index contributed by atoms with van der Waals surface area (Å²) in [6.45, 7) is 4.57. The van der Waals surface area contributed by atoms with Crippen molar-refractivity contribution in [3.05, 3.63) is 83.0 Å². The number of rotatable bonds is 2. The number of hydrogen-bond acceptors (Lipinski definition) is 0. The second-order valence-corrected chi connectivity index (χ2v) is 5.66. The SMILES string of the molecule is CC(C)C1=CC2=C(C=CC=CC2c2ccccc2)C1. The molecule has 0 saturated carbocycles. The molecule has 0 N–H and O–H groups in total. The molecule has 19 heavy (non-hydrogen) atoms. The molecule has 96 valence electrons. The highest BCUT2D eigenvalue weighted by Crippen LogP contribution is 2.40. The lowest BCUT2D eigenvalue weighted by atomic mass is 9.90. The first-order chi connectivity index (χ1) is 9.25. The van der Waals surface area contributed by atoms with Gasteiger partial charge < -0.3 is 0 Å². The molecule has 0 radical (unpaired) electrons. The highest BCUT2D eigenvalue weighted by molar-refractivity contribution is 5.54. The summed E-state index contributed by atoms with van der Waals surface area (Å²) in [6.07, 6.45) is 12.5. The van der Waals surface area contributed by atoms with Gasteiger partial charge in [-0.15, -0.1) is 0 Å². The number of hydrogen-bond donors (Lipinski definition) is 0. The molecule has 1 aromatic carbocycles. The molecule has 1 atom stereocenters. The van der Waals surface area contributed by atoms with Crippen LogP contribution in [-0.4, -0.2) is 0 Å². The maximum atomic E-state index is 2.43. The van der Waals surface area contributed by atoms with Crippen molar-refractivity contribution in [2.75, 3.05) is 0 Å². The van der Waals surface area contributed by atoms with Gasteiger partial charge in [0.15, 0.2) is 0 Å². The maximum Gasteiger partial charge on any atom is 0.0275 e. The van der Waals surface area contributed by atoms with Gasteiger partial charge in [0, 0.05) is 5.92 Å². The van der Waals surface area contributed by atoms with Gasteiger partial charge in [-0.25, -0.2) is 0 Å². The third kappa shape index (κ3) is 2.35. The number of allylic oxidation sites excluding steroid dienone is 8. The Bertz CT molecular complexity index is 580. The Labute approximate surface area is 115 Å². The Hall–Kier alpha value is -1.82. The van der Waals surface area contributed by atoms with Crippen LogP contribution in [0.4, 0.5) is 0 Å².